The number of aliphatic hydroxyl groups excluding tert-OH is 1. The second-order valence-corrected chi connectivity index (χ2v) is 6.96. The monoisotopic (exact) mass is 250 g/mol. The van der Waals surface area contributed by atoms with Crippen LogP contribution in [-0.2, 0) is 14.6 Å². The van der Waals surface area contributed by atoms with Gasteiger partial charge in [0.2, 0.25) is 0 Å². The number of aliphatic carboxylic acids is 1. The highest BCUT2D eigenvalue weighted by Gasteiger charge is 2.41. The van der Waals surface area contributed by atoms with Gasteiger partial charge in [0.25, 0.3) is 0 Å². The second kappa shape index (κ2) is 4.71. The predicted octanol–water partition coefficient (Wildman–Crippen LogP) is 0.427. The van der Waals surface area contributed by atoms with E-state index in [4.69, 9.17) is 0 Å². The van der Waals surface area contributed by atoms with Crippen molar-refractivity contribution in [3.05, 3.63) is 0 Å². The van der Waals surface area contributed by atoms with E-state index in [-0.39, 0.29) is 12.2 Å². The Morgan fingerprint density at radius 1 is 1.38 bits per heavy atom. The van der Waals surface area contributed by atoms with Gasteiger partial charge in [-0.25, -0.2) is 8.42 Å². The molecule has 0 unspecified atom stereocenters. The lowest BCUT2D eigenvalue weighted by atomic mass is 9.71. The molecule has 1 rings (SSSR count). The van der Waals surface area contributed by atoms with Crippen LogP contribution in [0.5, 0.6) is 0 Å². The largest absolute Gasteiger partial charge is 0.481 e. The number of hydrogen-bond acceptors (Lipinski definition) is 4. The summed E-state index contributed by atoms with van der Waals surface area (Å²) in [5, 5.41) is 18.5. The second-order valence-electron chi connectivity index (χ2n) is 4.70. The number of carboxylic acid groups (broad SMARTS) is 1. The molecule has 1 saturated carbocycles. The zero-order chi connectivity index (χ0) is 12.4. The molecule has 2 N–H and O–H groups in total. The summed E-state index contributed by atoms with van der Waals surface area (Å²) in [5.41, 5.74) is -0.956. The molecule has 1 aliphatic carbocycles. The number of sulfone groups is 1. The van der Waals surface area contributed by atoms with Gasteiger partial charge in [0, 0.05) is 6.26 Å². The molecular weight excluding hydrogens is 232 g/mol. The molecule has 6 heteroatoms. The fourth-order valence-corrected chi connectivity index (χ4v) is 2.87. The maximum absolute atomic E-state index is 11.2. The Balaban J connectivity index is 2.71. The quantitative estimate of drug-likeness (QED) is 0.754. The molecule has 0 heterocycles. The maximum Gasteiger partial charge on any atom is 0.309 e. The lowest BCUT2D eigenvalue weighted by Gasteiger charge is -2.35. The molecule has 5 nitrogen and oxygen atoms in total. The van der Waals surface area contributed by atoms with Crippen LogP contribution in [0, 0.1) is 5.41 Å². The van der Waals surface area contributed by atoms with Crippen molar-refractivity contribution in [3.63, 3.8) is 0 Å². The third kappa shape index (κ3) is 3.45. The van der Waals surface area contributed by atoms with Crippen molar-refractivity contribution in [2.45, 2.75) is 38.2 Å². The van der Waals surface area contributed by atoms with Gasteiger partial charge in [0.1, 0.15) is 9.84 Å². The van der Waals surface area contributed by atoms with Gasteiger partial charge in [-0.1, -0.05) is 0 Å². The molecule has 0 spiro atoms. The number of carboxylic acids is 1. The van der Waals surface area contributed by atoms with Crippen LogP contribution in [0.4, 0.5) is 0 Å². The van der Waals surface area contributed by atoms with E-state index in [1.165, 1.54) is 0 Å². The Kier molecular flexibility index (Phi) is 3.96. The standard InChI is InChI=1S/C10H18O5S/c1-16(14,15)7-6-10(9(12)13)4-2-8(11)3-5-10/h8,11H,2-7H2,1H3,(H,12,13). The minimum atomic E-state index is -3.13. The van der Waals surface area contributed by atoms with Crippen LogP contribution >= 0.6 is 0 Å². The normalized spacial score (nSPS) is 31.2. The molecule has 16 heavy (non-hydrogen) atoms. The Bertz CT molecular complexity index is 351. The summed E-state index contributed by atoms with van der Waals surface area (Å²) in [6, 6.07) is 0. The zero-order valence-electron chi connectivity index (χ0n) is 9.35. The van der Waals surface area contributed by atoms with E-state index in [2.05, 4.69) is 0 Å². The van der Waals surface area contributed by atoms with E-state index < -0.39 is 27.3 Å². The first-order valence-electron chi connectivity index (χ1n) is 5.34. The van der Waals surface area contributed by atoms with Crippen LogP contribution < -0.4 is 0 Å². The summed E-state index contributed by atoms with van der Waals surface area (Å²) in [7, 11) is -3.13. The van der Waals surface area contributed by atoms with Crippen LogP contribution in [0.3, 0.4) is 0 Å². The summed E-state index contributed by atoms with van der Waals surface area (Å²) in [4.78, 5) is 11.2. The zero-order valence-corrected chi connectivity index (χ0v) is 10.2. The maximum atomic E-state index is 11.2. The van der Waals surface area contributed by atoms with E-state index in [0.29, 0.717) is 25.7 Å². The summed E-state index contributed by atoms with van der Waals surface area (Å²) < 4.78 is 22.1. The molecule has 0 radical (unpaired) electrons. The van der Waals surface area contributed by atoms with Crippen LogP contribution in [0.1, 0.15) is 32.1 Å². The molecule has 0 amide bonds. The molecular formula is C10H18O5S. The van der Waals surface area contributed by atoms with Crippen molar-refractivity contribution in [1.82, 2.24) is 0 Å². The average molecular weight is 250 g/mol. The van der Waals surface area contributed by atoms with Crippen molar-refractivity contribution in [1.29, 1.82) is 0 Å². The molecule has 0 aromatic heterocycles. The molecule has 94 valence electrons. The van der Waals surface area contributed by atoms with E-state index in [1.54, 1.807) is 0 Å². The van der Waals surface area contributed by atoms with Gasteiger partial charge in [-0.05, 0) is 32.1 Å². The van der Waals surface area contributed by atoms with Crippen molar-refractivity contribution in [3.8, 4) is 0 Å². The topological polar surface area (TPSA) is 91.7 Å². The van der Waals surface area contributed by atoms with Gasteiger partial charge in [0.05, 0.1) is 17.3 Å². The first-order chi connectivity index (χ1) is 7.25. The number of rotatable bonds is 4. The van der Waals surface area contributed by atoms with Crippen molar-refractivity contribution >= 4 is 15.8 Å². The highest BCUT2D eigenvalue weighted by molar-refractivity contribution is 7.90. The Morgan fingerprint density at radius 3 is 2.25 bits per heavy atom. The Labute approximate surface area is 95.4 Å². The molecule has 1 aliphatic rings. The van der Waals surface area contributed by atoms with Crippen molar-refractivity contribution in [2.75, 3.05) is 12.0 Å². The summed E-state index contributed by atoms with van der Waals surface area (Å²) in [6.07, 6.45) is 2.42. The van der Waals surface area contributed by atoms with Gasteiger partial charge >= 0.3 is 5.97 Å². The van der Waals surface area contributed by atoms with Crippen LogP contribution in [-0.4, -0.2) is 42.7 Å². The van der Waals surface area contributed by atoms with Crippen molar-refractivity contribution in [2.24, 2.45) is 5.41 Å². The fraction of sp³-hybridized carbons (Fsp3) is 0.900. The van der Waals surface area contributed by atoms with E-state index in [9.17, 15) is 23.4 Å². The van der Waals surface area contributed by atoms with E-state index in [0.717, 1.165) is 6.26 Å². The molecule has 0 saturated heterocycles. The molecule has 0 aliphatic heterocycles. The SMILES string of the molecule is CS(=O)(=O)CCC1(C(=O)O)CCC(O)CC1. The fourth-order valence-electron chi connectivity index (χ4n) is 2.11. The highest BCUT2D eigenvalue weighted by Crippen LogP contribution is 2.39. The molecule has 0 bridgehead atoms. The summed E-state index contributed by atoms with van der Waals surface area (Å²) in [5.74, 6) is -1.04. The molecule has 0 atom stereocenters. The average Bonchev–Trinajstić information content (AvgIpc) is 2.16. The van der Waals surface area contributed by atoms with Crippen LogP contribution in [0.2, 0.25) is 0 Å². The lowest BCUT2D eigenvalue weighted by Crippen LogP contribution is -2.38. The van der Waals surface area contributed by atoms with Gasteiger partial charge in [-0.3, -0.25) is 4.79 Å². The predicted molar refractivity (Wildman–Crippen MR) is 58.9 cm³/mol. The third-order valence-corrected chi connectivity index (χ3v) is 4.26. The minimum absolute atomic E-state index is 0.102. The Morgan fingerprint density at radius 2 is 1.88 bits per heavy atom. The molecule has 0 aromatic rings. The summed E-state index contributed by atoms with van der Waals surface area (Å²) >= 11 is 0. The summed E-state index contributed by atoms with van der Waals surface area (Å²) in [6.45, 7) is 0. The van der Waals surface area contributed by atoms with Gasteiger partial charge in [-0.15, -0.1) is 0 Å². The minimum Gasteiger partial charge on any atom is -0.481 e. The number of aliphatic hydroxyl groups is 1. The first-order valence-corrected chi connectivity index (χ1v) is 7.40. The van der Waals surface area contributed by atoms with Gasteiger partial charge in [-0.2, -0.15) is 0 Å². The highest BCUT2D eigenvalue weighted by atomic mass is 32.2. The van der Waals surface area contributed by atoms with E-state index in [1.807, 2.05) is 0 Å². The van der Waals surface area contributed by atoms with Crippen molar-refractivity contribution < 1.29 is 23.4 Å². The molecule has 1 fully saturated rings. The van der Waals surface area contributed by atoms with Gasteiger partial charge in [0.15, 0.2) is 0 Å². The van der Waals surface area contributed by atoms with Gasteiger partial charge < -0.3 is 10.2 Å². The first kappa shape index (κ1) is 13.4. The lowest BCUT2D eigenvalue weighted by molar-refractivity contribution is -0.152. The Hall–Kier alpha value is -0.620. The third-order valence-electron chi connectivity index (χ3n) is 3.32. The number of hydrogen-bond donors (Lipinski definition) is 2. The van der Waals surface area contributed by atoms with Crippen LogP contribution in [0.15, 0.2) is 0 Å². The van der Waals surface area contributed by atoms with E-state index >= 15 is 0 Å². The number of carbonyl (C=O) groups is 1. The van der Waals surface area contributed by atoms with Crippen LogP contribution in [0.25, 0.3) is 0 Å². The molecule has 0 aromatic carbocycles. The smallest absolute Gasteiger partial charge is 0.309 e.